The van der Waals surface area contributed by atoms with E-state index in [0.717, 1.165) is 35.5 Å². The van der Waals surface area contributed by atoms with Crippen molar-refractivity contribution < 1.29 is 23.7 Å². The number of nitrogens with zero attached hydrogens (tertiary/aromatic N) is 1. The molecule has 0 aromatic heterocycles. The van der Waals surface area contributed by atoms with E-state index in [2.05, 4.69) is 24.8 Å². The van der Waals surface area contributed by atoms with Crippen molar-refractivity contribution in [2.45, 2.75) is 19.4 Å². The van der Waals surface area contributed by atoms with Crippen molar-refractivity contribution in [3.05, 3.63) is 82.9 Å². The number of anilines is 1. The highest BCUT2D eigenvalue weighted by molar-refractivity contribution is 5.97. The predicted octanol–water partition coefficient (Wildman–Crippen LogP) is 5.08. The number of rotatable bonds is 6. The van der Waals surface area contributed by atoms with Gasteiger partial charge in [-0.25, -0.2) is 4.79 Å². The van der Waals surface area contributed by atoms with Crippen molar-refractivity contribution in [2.24, 2.45) is 0 Å². The van der Waals surface area contributed by atoms with Crippen LogP contribution in [-0.2, 0) is 15.1 Å². The maximum atomic E-state index is 12.9. The van der Waals surface area contributed by atoms with Gasteiger partial charge in [0.15, 0.2) is 12.4 Å². The summed E-state index contributed by atoms with van der Waals surface area (Å²) >= 11 is 0. The Bertz CT molecular complexity index is 1190. The molecular formula is C26H25NO5. The minimum atomic E-state index is -1.07. The minimum Gasteiger partial charge on any atom is -0.467 e. The molecule has 2 aliphatic rings. The number of fused-ring (bicyclic) bond motifs is 6. The van der Waals surface area contributed by atoms with Gasteiger partial charge in [-0.3, -0.25) is 0 Å². The molecule has 2 aliphatic heterocycles. The lowest BCUT2D eigenvalue weighted by Crippen LogP contribution is -2.33. The fourth-order valence-corrected chi connectivity index (χ4v) is 4.65. The Hall–Kier alpha value is -3.51. The Morgan fingerprint density at radius 3 is 2.38 bits per heavy atom. The average Bonchev–Trinajstić information content (AvgIpc) is 3.11. The van der Waals surface area contributed by atoms with Crippen molar-refractivity contribution >= 4 is 11.7 Å². The van der Waals surface area contributed by atoms with E-state index in [1.807, 2.05) is 54.6 Å². The number of benzene rings is 3. The van der Waals surface area contributed by atoms with Crippen molar-refractivity contribution in [1.29, 1.82) is 0 Å². The summed E-state index contributed by atoms with van der Waals surface area (Å²) in [7, 11) is 1.57. The molecule has 0 saturated carbocycles. The molecule has 3 aromatic carbocycles. The summed E-state index contributed by atoms with van der Waals surface area (Å²) in [5.41, 5.74) is 2.94. The Balaban J connectivity index is 1.74. The third-order valence-corrected chi connectivity index (χ3v) is 6.14. The van der Waals surface area contributed by atoms with Crippen LogP contribution in [0.4, 0.5) is 5.69 Å². The molecule has 0 aliphatic carbocycles. The van der Waals surface area contributed by atoms with E-state index < -0.39 is 5.60 Å². The Kier molecular flexibility index (Phi) is 5.02. The molecule has 6 nitrogen and oxygen atoms in total. The van der Waals surface area contributed by atoms with E-state index in [0.29, 0.717) is 22.8 Å². The molecule has 0 radical (unpaired) electrons. The highest BCUT2D eigenvalue weighted by Crippen LogP contribution is 2.57. The second-order valence-electron chi connectivity index (χ2n) is 7.78. The molecule has 2 heterocycles. The molecule has 0 amide bonds. The normalized spacial score (nSPS) is 17.8. The first-order valence-electron chi connectivity index (χ1n) is 10.8. The first-order chi connectivity index (χ1) is 15.6. The topological polar surface area (TPSA) is 57.2 Å². The van der Waals surface area contributed by atoms with Gasteiger partial charge in [0.1, 0.15) is 17.2 Å². The number of ether oxygens (including phenoxy) is 4. The third kappa shape index (κ3) is 2.94. The van der Waals surface area contributed by atoms with Gasteiger partial charge < -0.3 is 23.8 Å². The number of methoxy groups -OCH3 is 1. The van der Waals surface area contributed by atoms with Gasteiger partial charge in [0.05, 0.1) is 5.56 Å². The second-order valence-corrected chi connectivity index (χ2v) is 7.78. The highest BCUT2D eigenvalue weighted by atomic mass is 16.7. The zero-order valence-corrected chi connectivity index (χ0v) is 18.4. The van der Waals surface area contributed by atoms with E-state index in [1.165, 1.54) is 0 Å². The van der Waals surface area contributed by atoms with Crippen LogP contribution in [0.15, 0.2) is 60.7 Å². The quantitative estimate of drug-likeness (QED) is 0.401. The lowest BCUT2D eigenvalue weighted by atomic mass is 9.77. The lowest BCUT2D eigenvalue weighted by molar-refractivity contribution is 0.0223. The molecule has 164 valence electrons. The highest BCUT2D eigenvalue weighted by Gasteiger charge is 2.53. The van der Waals surface area contributed by atoms with E-state index in [4.69, 9.17) is 18.9 Å². The summed E-state index contributed by atoms with van der Waals surface area (Å²) in [5, 5.41) is 0. The van der Waals surface area contributed by atoms with Crippen molar-refractivity contribution in [3.8, 4) is 17.2 Å². The summed E-state index contributed by atoms with van der Waals surface area (Å²) in [6.07, 6.45) is 0. The van der Waals surface area contributed by atoms with Gasteiger partial charge in [0, 0.05) is 54.7 Å². The molecule has 1 atom stereocenters. The van der Waals surface area contributed by atoms with Crippen LogP contribution in [0.3, 0.4) is 0 Å². The fourth-order valence-electron chi connectivity index (χ4n) is 4.65. The Morgan fingerprint density at radius 2 is 1.62 bits per heavy atom. The van der Waals surface area contributed by atoms with Crippen LogP contribution in [0.25, 0.3) is 0 Å². The van der Waals surface area contributed by atoms with Crippen LogP contribution in [0.2, 0.25) is 0 Å². The van der Waals surface area contributed by atoms with Gasteiger partial charge in [-0.1, -0.05) is 18.2 Å². The first-order valence-corrected chi connectivity index (χ1v) is 10.8. The second kappa shape index (κ2) is 7.88. The maximum Gasteiger partial charge on any atom is 0.340 e. The SMILES string of the molecule is CCN(CC)c1ccc2c(c1)Oc1cc(OCOC)ccc1C21OC(=O)c2ccccc21. The fraction of sp³-hybridized carbons (Fsp3) is 0.269. The average molecular weight is 431 g/mol. The molecule has 32 heavy (non-hydrogen) atoms. The van der Waals surface area contributed by atoms with Crippen LogP contribution in [0, 0.1) is 0 Å². The third-order valence-electron chi connectivity index (χ3n) is 6.14. The van der Waals surface area contributed by atoms with Crippen LogP contribution in [0.1, 0.15) is 40.9 Å². The van der Waals surface area contributed by atoms with Gasteiger partial charge in [-0.05, 0) is 44.2 Å². The standard InChI is InChI=1S/C26H25NO5/c1-4-27(5-2)17-10-12-21-23(14-17)31-24-15-18(30-16-29-3)11-13-22(24)26(21)20-9-7-6-8-19(20)25(28)32-26/h6-15H,4-5,16H2,1-3H3. The number of hydrogen-bond donors (Lipinski definition) is 0. The van der Waals surface area contributed by atoms with Crippen molar-refractivity contribution in [3.63, 3.8) is 0 Å². The maximum absolute atomic E-state index is 12.9. The van der Waals surface area contributed by atoms with Crippen LogP contribution >= 0.6 is 0 Å². The van der Waals surface area contributed by atoms with Crippen LogP contribution in [-0.4, -0.2) is 33.0 Å². The Morgan fingerprint density at radius 1 is 0.906 bits per heavy atom. The van der Waals surface area contributed by atoms with Crippen LogP contribution in [0.5, 0.6) is 17.2 Å². The monoisotopic (exact) mass is 431 g/mol. The number of carbonyl (C=O) groups excluding carboxylic acids is 1. The zero-order chi connectivity index (χ0) is 22.3. The van der Waals surface area contributed by atoms with E-state index in [-0.39, 0.29) is 12.8 Å². The summed E-state index contributed by atoms with van der Waals surface area (Å²) in [6.45, 7) is 6.13. The van der Waals surface area contributed by atoms with Crippen LogP contribution < -0.4 is 14.4 Å². The Labute approximate surface area is 187 Å². The van der Waals surface area contributed by atoms with Gasteiger partial charge >= 0.3 is 5.97 Å². The van der Waals surface area contributed by atoms with Gasteiger partial charge in [-0.15, -0.1) is 0 Å². The van der Waals surface area contributed by atoms with Gasteiger partial charge in [0.25, 0.3) is 0 Å². The molecule has 0 saturated heterocycles. The summed E-state index contributed by atoms with van der Waals surface area (Å²) in [5.74, 6) is 1.52. The smallest absolute Gasteiger partial charge is 0.340 e. The number of hydrogen-bond acceptors (Lipinski definition) is 6. The van der Waals surface area contributed by atoms with E-state index in [1.54, 1.807) is 7.11 Å². The van der Waals surface area contributed by atoms with Gasteiger partial charge in [0.2, 0.25) is 0 Å². The first kappa shape index (κ1) is 20.4. The van der Waals surface area contributed by atoms with E-state index >= 15 is 0 Å². The lowest BCUT2D eigenvalue weighted by Gasteiger charge is -2.37. The molecule has 0 N–H and O–H groups in total. The zero-order valence-electron chi connectivity index (χ0n) is 18.4. The molecule has 3 aromatic rings. The molecule has 0 bridgehead atoms. The van der Waals surface area contributed by atoms with E-state index in [9.17, 15) is 4.79 Å². The predicted molar refractivity (Wildman–Crippen MR) is 121 cm³/mol. The molecular weight excluding hydrogens is 406 g/mol. The molecule has 5 rings (SSSR count). The summed E-state index contributed by atoms with van der Waals surface area (Å²) < 4.78 is 23.2. The summed E-state index contributed by atoms with van der Waals surface area (Å²) in [6, 6.07) is 19.2. The minimum absolute atomic E-state index is 0.129. The molecule has 1 spiro atoms. The van der Waals surface area contributed by atoms with Crippen molar-refractivity contribution in [2.75, 3.05) is 31.9 Å². The summed E-state index contributed by atoms with van der Waals surface area (Å²) in [4.78, 5) is 15.2. The molecule has 6 heteroatoms. The largest absolute Gasteiger partial charge is 0.467 e. The number of esters is 1. The number of carbonyl (C=O) groups is 1. The molecule has 1 unspecified atom stereocenters. The molecule has 0 fully saturated rings. The van der Waals surface area contributed by atoms with Gasteiger partial charge in [-0.2, -0.15) is 0 Å². The van der Waals surface area contributed by atoms with Crippen molar-refractivity contribution in [1.82, 2.24) is 0 Å².